The van der Waals surface area contributed by atoms with Gasteiger partial charge in [-0.25, -0.2) is 0 Å². The van der Waals surface area contributed by atoms with Crippen molar-refractivity contribution in [2.45, 2.75) is 25.6 Å². The molecule has 0 bridgehead atoms. The molecule has 6 heteroatoms. The van der Waals surface area contributed by atoms with Crippen molar-refractivity contribution in [3.63, 3.8) is 0 Å². The molecule has 1 aliphatic rings. The maximum atomic E-state index is 12.6. The predicted octanol–water partition coefficient (Wildman–Crippen LogP) is 4.17. The Balaban J connectivity index is 2.15. The van der Waals surface area contributed by atoms with Crippen LogP contribution in [0.4, 0.5) is 18.9 Å². The van der Waals surface area contributed by atoms with Crippen molar-refractivity contribution in [3.05, 3.63) is 39.9 Å². The smallest absolute Gasteiger partial charge is 0.367 e. The summed E-state index contributed by atoms with van der Waals surface area (Å²) >= 11 is 3.46. The topological polar surface area (TPSA) is 29.3 Å². The molecule has 1 aliphatic heterocycles. The fraction of sp³-hybridized carbons (Fsp3) is 0.429. The lowest BCUT2D eigenvalue weighted by Crippen LogP contribution is -2.31. The van der Waals surface area contributed by atoms with Gasteiger partial charge in [0.1, 0.15) is 0 Å². The lowest BCUT2D eigenvalue weighted by Gasteiger charge is -2.29. The Kier molecular flexibility index (Phi) is 4.44. The summed E-state index contributed by atoms with van der Waals surface area (Å²) in [5.74, 6) is 0. The molecule has 0 spiro atoms. The Bertz CT molecular complexity index is 524. The SMILES string of the molecule is C[C@H](N)c1ccc(N2CC=C(C(F)(F)F)CC2)cc1Br. The van der Waals surface area contributed by atoms with Gasteiger partial charge in [0.05, 0.1) is 0 Å². The minimum absolute atomic E-state index is 0.0240. The van der Waals surface area contributed by atoms with Crippen molar-refractivity contribution in [1.29, 1.82) is 0 Å². The second kappa shape index (κ2) is 5.77. The molecule has 110 valence electrons. The zero-order valence-corrected chi connectivity index (χ0v) is 12.6. The number of nitrogens with zero attached hydrogens (tertiary/aromatic N) is 1. The second-order valence-electron chi connectivity index (χ2n) is 4.92. The molecule has 1 aromatic rings. The van der Waals surface area contributed by atoms with Crippen molar-refractivity contribution in [2.75, 3.05) is 18.0 Å². The molecule has 0 aliphatic carbocycles. The quantitative estimate of drug-likeness (QED) is 0.812. The van der Waals surface area contributed by atoms with Crippen LogP contribution in [0.1, 0.15) is 24.9 Å². The van der Waals surface area contributed by atoms with Crippen LogP contribution in [0.25, 0.3) is 0 Å². The van der Waals surface area contributed by atoms with E-state index in [1.807, 2.05) is 30.0 Å². The lowest BCUT2D eigenvalue weighted by molar-refractivity contribution is -0.0943. The lowest BCUT2D eigenvalue weighted by atomic mass is 10.1. The molecule has 1 atom stereocenters. The van der Waals surface area contributed by atoms with Crippen LogP contribution in [-0.2, 0) is 0 Å². The molecule has 0 unspecified atom stereocenters. The van der Waals surface area contributed by atoms with Crippen molar-refractivity contribution >= 4 is 21.6 Å². The van der Waals surface area contributed by atoms with E-state index < -0.39 is 11.7 Å². The number of anilines is 1. The second-order valence-corrected chi connectivity index (χ2v) is 5.77. The summed E-state index contributed by atoms with van der Waals surface area (Å²) in [5, 5.41) is 0. The molecule has 1 aromatic carbocycles. The molecule has 0 fully saturated rings. The van der Waals surface area contributed by atoms with Crippen LogP contribution in [0.3, 0.4) is 0 Å². The Morgan fingerprint density at radius 3 is 2.50 bits per heavy atom. The number of halogens is 4. The monoisotopic (exact) mass is 348 g/mol. The Hall–Kier alpha value is -1.01. The number of alkyl halides is 3. The van der Waals surface area contributed by atoms with Crippen LogP contribution in [0, 0.1) is 0 Å². The molecule has 2 nitrogen and oxygen atoms in total. The fourth-order valence-corrected chi connectivity index (χ4v) is 2.97. The Morgan fingerprint density at radius 2 is 2.05 bits per heavy atom. The van der Waals surface area contributed by atoms with Gasteiger partial charge in [-0.05, 0) is 31.0 Å². The third-order valence-corrected chi connectivity index (χ3v) is 4.10. The number of rotatable bonds is 2. The molecule has 20 heavy (non-hydrogen) atoms. The van der Waals surface area contributed by atoms with Crippen LogP contribution >= 0.6 is 15.9 Å². The molecule has 0 aromatic heterocycles. The highest BCUT2D eigenvalue weighted by atomic mass is 79.9. The first-order valence-corrected chi connectivity index (χ1v) is 7.14. The van der Waals surface area contributed by atoms with Crippen molar-refractivity contribution in [2.24, 2.45) is 5.73 Å². The van der Waals surface area contributed by atoms with Gasteiger partial charge in [-0.2, -0.15) is 13.2 Å². The molecule has 2 rings (SSSR count). The Labute approximate surface area is 124 Å². The first-order chi connectivity index (χ1) is 9.29. The normalized spacial score (nSPS) is 17.9. The molecule has 2 N–H and O–H groups in total. The zero-order valence-electron chi connectivity index (χ0n) is 11.0. The fourth-order valence-electron chi connectivity index (χ4n) is 2.24. The maximum Gasteiger partial charge on any atom is 0.412 e. The van der Waals surface area contributed by atoms with E-state index in [2.05, 4.69) is 15.9 Å². The van der Waals surface area contributed by atoms with Crippen molar-refractivity contribution < 1.29 is 13.2 Å². The van der Waals surface area contributed by atoms with Gasteiger partial charge in [-0.1, -0.05) is 28.1 Å². The van der Waals surface area contributed by atoms with E-state index in [0.717, 1.165) is 15.7 Å². The van der Waals surface area contributed by atoms with Crippen molar-refractivity contribution in [3.8, 4) is 0 Å². The summed E-state index contributed by atoms with van der Waals surface area (Å²) in [5.41, 5.74) is 7.29. The molecule has 1 heterocycles. The van der Waals surface area contributed by atoms with Crippen LogP contribution < -0.4 is 10.6 Å². The maximum absolute atomic E-state index is 12.6. The minimum Gasteiger partial charge on any atom is -0.367 e. The average molecular weight is 349 g/mol. The van der Waals surface area contributed by atoms with Gasteiger partial charge in [-0.3, -0.25) is 0 Å². The predicted molar refractivity (Wildman–Crippen MR) is 77.7 cm³/mol. The van der Waals surface area contributed by atoms with Gasteiger partial charge < -0.3 is 10.6 Å². The summed E-state index contributed by atoms with van der Waals surface area (Å²) in [6.45, 7) is 2.53. The van der Waals surface area contributed by atoms with Gasteiger partial charge in [0.2, 0.25) is 0 Å². The van der Waals surface area contributed by atoms with E-state index in [-0.39, 0.29) is 19.0 Å². The van der Waals surface area contributed by atoms with Crippen LogP contribution in [0.5, 0.6) is 0 Å². The highest BCUT2D eigenvalue weighted by Crippen LogP contribution is 2.33. The first-order valence-electron chi connectivity index (χ1n) is 6.35. The molecular weight excluding hydrogens is 333 g/mol. The number of benzene rings is 1. The van der Waals surface area contributed by atoms with E-state index >= 15 is 0 Å². The van der Waals surface area contributed by atoms with Crippen molar-refractivity contribution in [1.82, 2.24) is 0 Å². The third kappa shape index (κ3) is 3.35. The third-order valence-electron chi connectivity index (χ3n) is 3.41. The minimum atomic E-state index is -4.20. The van der Waals surface area contributed by atoms with E-state index in [4.69, 9.17) is 5.73 Å². The van der Waals surface area contributed by atoms with Gasteiger partial charge in [0.25, 0.3) is 0 Å². The van der Waals surface area contributed by atoms with E-state index in [0.29, 0.717) is 6.54 Å². The molecule has 0 saturated carbocycles. The van der Waals surface area contributed by atoms with Gasteiger partial charge in [0, 0.05) is 34.9 Å². The summed E-state index contributed by atoms with van der Waals surface area (Å²) < 4.78 is 38.6. The number of hydrogen-bond donors (Lipinski definition) is 1. The van der Waals surface area contributed by atoms with Crippen LogP contribution in [-0.4, -0.2) is 19.3 Å². The highest BCUT2D eigenvalue weighted by Gasteiger charge is 2.34. The molecule has 0 radical (unpaired) electrons. The first kappa shape index (κ1) is 15.4. The van der Waals surface area contributed by atoms with Crippen LogP contribution in [0.2, 0.25) is 0 Å². The number of hydrogen-bond acceptors (Lipinski definition) is 2. The molecule has 0 saturated heterocycles. The summed E-state index contributed by atoms with van der Waals surface area (Å²) in [6.07, 6.45) is -2.92. The molecular formula is C14H16BrF3N2. The van der Waals surface area contributed by atoms with E-state index in [1.165, 1.54) is 6.08 Å². The number of nitrogens with two attached hydrogens (primary N) is 1. The zero-order chi connectivity index (χ0) is 14.9. The summed E-state index contributed by atoms with van der Waals surface area (Å²) in [4.78, 5) is 1.92. The van der Waals surface area contributed by atoms with Gasteiger partial charge in [-0.15, -0.1) is 0 Å². The summed E-state index contributed by atoms with van der Waals surface area (Å²) in [6, 6.07) is 5.63. The Morgan fingerprint density at radius 1 is 1.35 bits per heavy atom. The largest absolute Gasteiger partial charge is 0.412 e. The summed E-state index contributed by atoms with van der Waals surface area (Å²) in [7, 11) is 0. The van der Waals surface area contributed by atoms with E-state index in [1.54, 1.807) is 0 Å². The van der Waals surface area contributed by atoms with E-state index in [9.17, 15) is 13.2 Å². The standard InChI is InChI=1S/C14H16BrF3N2/c1-9(19)12-3-2-11(8-13(12)15)20-6-4-10(5-7-20)14(16,17)18/h2-4,8-9H,5-7,19H2,1H3/t9-/m0/s1. The highest BCUT2D eigenvalue weighted by molar-refractivity contribution is 9.10. The van der Waals surface area contributed by atoms with Gasteiger partial charge in [0.15, 0.2) is 0 Å². The van der Waals surface area contributed by atoms with Gasteiger partial charge >= 0.3 is 6.18 Å². The molecule has 0 amide bonds. The average Bonchev–Trinajstić information content (AvgIpc) is 2.37. The van der Waals surface area contributed by atoms with Crippen LogP contribution in [0.15, 0.2) is 34.3 Å².